The molecular formula is C20H18N2O4. The van der Waals surface area contributed by atoms with E-state index in [1.165, 1.54) is 0 Å². The second-order valence-corrected chi connectivity index (χ2v) is 6.12. The number of ether oxygens (including phenoxy) is 1. The summed E-state index contributed by atoms with van der Waals surface area (Å²) in [6.07, 6.45) is 0. The maximum Gasteiger partial charge on any atom is 0.291 e. The van der Waals surface area contributed by atoms with Crippen molar-refractivity contribution in [2.75, 3.05) is 23.4 Å². The average Bonchev–Trinajstić information content (AvgIpc) is 2.99. The van der Waals surface area contributed by atoms with Gasteiger partial charge in [-0.05, 0) is 38.1 Å². The fourth-order valence-corrected chi connectivity index (χ4v) is 3.21. The zero-order chi connectivity index (χ0) is 18.3. The van der Waals surface area contributed by atoms with E-state index in [-0.39, 0.29) is 24.2 Å². The number of nitrogens with one attached hydrogen (secondary N) is 1. The Labute approximate surface area is 150 Å². The van der Waals surface area contributed by atoms with Crippen molar-refractivity contribution in [2.45, 2.75) is 13.8 Å². The van der Waals surface area contributed by atoms with Gasteiger partial charge in [-0.25, -0.2) is 0 Å². The monoisotopic (exact) mass is 350 g/mol. The van der Waals surface area contributed by atoms with E-state index in [1.54, 1.807) is 23.1 Å². The summed E-state index contributed by atoms with van der Waals surface area (Å²) in [6, 6.07) is 12.8. The van der Waals surface area contributed by atoms with Crippen molar-refractivity contribution < 1.29 is 18.7 Å². The molecule has 0 bridgehead atoms. The summed E-state index contributed by atoms with van der Waals surface area (Å²) in [5, 5.41) is 3.76. The van der Waals surface area contributed by atoms with E-state index in [0.717, 1.165) is 10.9 Å². The van der Waals surface area contributed by atoms with Crippen LogP contribution in [-0.2, 0) is 4.79 Å². The number of fused-ring (bicyclic) bond motifs is 2. The third-order valence-electron chi connectivity index (χ3n) is 4.53. The number of likely N-dealkylation sites (N-methyl/N-ethyl adjacent to an activating group) is 1. The van der Waals surface area contributed by atoms with E-state index >= 15 is 0 Å². The van der Waals surface area contributed by atoms with Crippen molar-refractivity contribution >= 4 is 34.2 Å². The normalized spacial score (nSPS) is 13.5. The van der Waals surface area contributed by atoms with Gasteiger partial charge in [0, 0.05) is 23.2 Å². The highest BCUT2D eigenvalue weighted by Crippen LogP contribution is 2.35. The number of carbonyl (C=O) groups excluding carboxylic acids is 2. The van der Waals surface area contributed by atoms with Crippen molar-refractivity contribution in [1.29, 1.82) is 0 Å². The molecule has 2 aromatic carbocycles. The highest BCUT2D eigenvalue weighted by molar-refractivity contribution is 6.07. The Kier molecular flexibility index (Phi) is 3.88. The van der Waals surface area contributed by atoms with Gasteiger partial charge in [-0.2, -0.15) is 0 Å². The minimum absolute atomic E-state index is 0.0325. The first-order valence-electron chi connectivity index (χ1n) is 8.45. The lowest BCUT2D eigenvalue weighted by atomic mass is 10.1. The first kappa shape index (κ1) is 16.2. The van der Waals surface area contributed by atoms with Gasteiger partial charge >= 0.3 is 0 Å². The Bertz CT molecular complexity index is 1020. The third kappa shape index (κ3) is 2.60. The summed E-state index contributed by atoms with van der Waals surface area (Å²) in [5.41, 5.74) is 2.70. The second-order valence-electron chi connectivity index (χ2n) is 6.12. The molecule has 0 unspecified atom stereocenters. The molecule has 0 saturated heterocycles. The van der Waals surface area contributed by atoms with Crippen LogP contribution in [0.4, 0.5) is 11.4 Å². The summed E-state index contributed by atoms with van der Waals surface area (Å²) in [5.74, 6) is 0.481. The van der Waals surface area contributed by atoms with Crippen LogP contribution in [-0.4, -0.2) is 25.0 Å². The predicted molar refractivity (Wildman–Crippen MR) is 98.9 cm³/mol. The Balaban J connectivity index is 1.65. The molecule has 1 aliphatic rings. The van der Waals surface area contributed by atoms with Gasteiger partial charge in [-0.15, -0.1) is 0 Å². The molecule has 26 heavy (non-hydrogen) atoms. The summed E-state index contributed by atoms with van der Waals surface area (Å²) >= 11 is 0. The van der Waals surface area contributed by atoms with Crippen molar-refractivity contribution in [3.8, 4) is 5.75 Å². The van der Waals surface area contributed by atoms with Crippen LogP contribution in [0.3, 0.4) is 0 Å². The maximum absolute atomic E-state index is 12.7. The van der Waals surface area contributed by atoms with Crippen LogP contribution < -0.4 is 15.0 Å². The van der Waals surface area contributed by atoms with Crippen molar-refractivity contribution in [3.05, 3.63) is 53.8 Å². The zero-order valence-corrected chi connectivity index (χ0v) is 14.5. The highest BCUT2D eigenvalue weighted by atomic mass is 16.5. The molecule has 4 rings (SSSR count). The first-order chi connectivity index (χ1) is 12.6. The largest absolute Gasteiger partial charge is 0.482 e. The number of para-hydroxylation sites is 1. The minimum atomic E-state index is -0.329. The number of anilines is 2. The minimum Gasteiger partial charge on any atom is -0.482 e. The van der Waals surface area contributed by atoms with Crippen LogP contribution in [0.5, 0.6) is 5.75 Å². The van der Waals surface area contributed by atoms with Gasteiger partial charge in [-0.1, -0.05) is 18.2 Å². The fraction of sp³-hybridized carbons (Fsp3) is 0.200. The van der Waals surface area contributed by atoms with E-state index in [0.29, 0.717) is 29.3 Å². The molecule has 0 atom stereocenters. The molecule has 0 saturated carbocycles. The first-order valence-corrected chi connectivity index (χ1v) is 8.45. The molecule has 0 fully saturated rings. The average molecular weight is 350 g/mol. The van der Waals surface area contributed by atoms with E-state index in [2.05, 4.69) is 5.32 Å². The number of amides is 2. The third-order valence-corrected chi connectivity index (χ3v) is 4.53. The van der Waals surface area contributed by atoms with Crippen LogP contribution in [0, 0.1) is 6.92 Å². The lowest BCUT2D eigenvalue weighted by Gasteiger charge is -2.28. The number of rotatable bonds is 3. The number of hydrogen-bond acceptors (Lipinski definition) is 4. The van der Waals surface area contributed by atoms with Crippen LogP contribution >= 0.6 is 0 Å². The topological polar surface area (TPSA) is 71.8 Å². The molecule has 6 heteroatoms. The van der Waals surface area contributed by atoms with Crippen molar-refractivity contribution in [2.24, 2.45) is 0 Å². The van der Waals surface area contributed by atoms with Crippen LogP contribution in [0.15, 0.2) is 46.9 Å². The van der Waals surface area contributed by atoms with E-state index in [9.17, 15) is 9.59 Å². The van der Waals surface area contributed by atoms with Crippen molar-refractivity contribution in [3.63, 3.8) is 0 Å². The Morgan fingerprint density at radius 2 is 2.04 bits per heavy atom. The molecule has 3 aromatic rings. The quantitative estimate of drug-likeness (QED) is 0.781. The molecule has 1 aromatic heterocycles. The van der Waals surface area contributed by atoms with Gasteiger partial charge in [0.2, 0.25) is 0 Å². The van der Waals surface area contributed by atoms with E-state index < -0.39 is 0 Å². The lowest BCUT2D eigenvalue weighted by Crippen LogP contribution is -2.38. The number of aryl methyl sites for hydroxylation is 1. The second kappa shape index (κ2) is 6.22. The summed E-state index contributed by atoms with van der Waals surface area (Å²) in [4.78, 5) is 26.3. The van der Waals surface area contributed by atoms with Crippen LogP contribution in [0.25, 0.3) is 11.0 Å². The molecular weight excluding hydrogens is 332 g/mol. The Hall–Kier alpha value is -3.28. The Morgan fingerprint density at radius 1 is 1.23 bits per heavy atom. The predicted octanol–water partition coefficient (Wildman–Crippen LogP) is 3.74. The van der Waals surface area contributed by atoms with Crippen LogP contribution in [0.2, 0.25) is 0 Å². The van der Waals surface area contributed by atoms with Gasteiger partial charge in [0.1, 0.15) is 11.3 Å². The molecule has 132 valence electrons. The number of carbonyl (C=O) groups is 2. The summed E-state index contributed by atoms with van der Waals surface area (Å²) in [7, 11) is 0. The highest BCUT2D eigenvalue weighted by Gasteiger charge is 2.25. The molecule has 0 aliphatic carbocycles. The Morgan fingerprint density at radius 3 is 2.81 bits per heavy atom. The molecule has 6 nitrogen and oxygen atoms in total. The van der Waals surface area contributed by atoms with Gasteiger partial charge in [0.15, 0.2) is 12.4 Å². The number of benzene rings is 2. The van der Waals surface area contributed by atoms with E-state index in [4.69, 9.17) is 9.15 Å². The standard InChI is InChI=1S/C20H18N2O4/c1-3-22-15-10-13(8-9-17(15)25-11-18(22)23)21-20(24)19-12(2)14-6-4-5-7-16(14)26-19/h4-10H,3,11H2,1-2H3,(H,21,24). The maximum atomic E-state index is 12.7. The molecule has 2 amide bonds. The number of hydrogen-bond donors (Lipinski definition) is 1. The summed E-state index contributed by atoms with van der Waals surface area (Å²) < 4.78 is 11.2. The van der Waals surface area contributed by atoms with Gasteiger partial charge < -0.3 is 19.4 Å². The van der Waals surface area contributed by atoms with Gasteiger partial charge in [0.25, 0.3) is 11.8 Å². The zero-order valence-electron chi connectivity index (χ0n) is 14.5. The molecule has 1 aliphatic heterocycles. The molecule has 1 N–H and O–H groups in total. The SMILES string of the molecule is CCN1C(=O)COc2ccc(NC(=O)c3oc4ccccc4c3C)cc21. The smallest absolute Gasteiger partial charge is 0.291 e. The van der Waals surface area contributed by atoms with Crippen molar-refractivity contribution in [1.82, 2.24) is 0 Å². The fourth-order valence-electron chi connectivity index (χ4n) is 3.21. The lowest BCUT2D eigenvalue weighted by molar-refractivity contribution is -0.121. The van der Waals surface area contributed by atoms with Gasteiger partial charge in [0.05, 0.1) is 5.69 Å². The number of furan rings is 1. The summed E-state index contributed by atoms with van der Waals surface area (Å²) in [6.45, 7) is 4.33. The molecule has 0 radical (unpaired) electrons. The van der Waals surface area contributed by atoms with E-state index in [1.807, 2.05) is 38.1 Å². The van der Waals surface area contributed by atoms with Crippen LogP contribution in [0.1, 0.15) is 23.0 Å². The molecule has 2 heterocycles. The molecule has 0 spiro atoms. The van der Waals surface area contributed by atoms with Gasteiger partial charge in [-0.3, -0.25) is 9.59 Å². The number of nitrogens with zero attached hydrogens (tertiary/aromatic N) is 1.